The van der Waals surface area contributed by atoms with Crippen molar-refractivity contribution in [1.29, 1.82) is 0 Å². The van der Waals surface area contributed by atoms with Crippen LogP contribution in [0.2, 0.25) is 5.02 Å². The second-order valence-electron chi connectivity index (χ2n) is 4.94. The molecular weight excluding hydrogens is 282 g/mol. The minimum Gasteiger partial charge on any atom is -0.387 e. The van der Waals surface area contributed by atoms with Gasteiger partial charge < -0.3 is 14.7 Å². The van der Waals surface area contributed by atoms with E-state index < -0.39 is 5.60 Å². The van der Waals surface area contributed by atoms with Gasteiger partial charge in [-0.2, -0.15) is 0 Å². The SMILES string of the molecule is COCC1(O)CCN(C(=O)Nc2ccc(Cl)cn2)CC1. The molecule has 1 saturated heterocycles. The molecule has 0 unspecified atom stereocenters. The maximum atomic E-state index is 12.1. The summed E-state index contributed by atoms with van der Waals surface area (Å²) in [4.78, 5) is 17.7. The van der Waals surface area contributed by atoms with Crippen LogP contribution in [0.3, 0.4) is 0 Å². The Morgan fingerprint density at radius 2 is 2.25 bits per heavy atom. The van der Waals surface area contributed by atoms with Crippen LogP contribution in [0, 0.1) is 0 Å². The maximum absolute atomic E-state index is 12.1. The zero-order valence-corrected chi connectivity index (χ0v) is 12.1. The Morgan fingerprint density at radius 1 is 1.55 bits per heavy atom. The summed E-state index contributed by atoms with van der Waals surface area (Å²) in [6.45, 7) is 1.26. The fourth-order valence-electron chi connectivity index (χ4n) is 2.18. The molecule has 0 aliphatic carbocycles. The fraction of sp³-hybridized carbons (Fsp3) is 0.538. The number of aliphatic hydroxyl groups is 1. The number of methoxy groups -OCH3 is 1. The van der Waals surface area contributed by atoms with Gasteiger partial charge in [0.2, 0.25) is 0 Å². The van der Waals surface area contributed by atoms with Crippen LogP contribution in [-0.4, -0.2) is 53.4 Å². The number of urea groups is 1. The number of piperidine rings is 1. The Kier molecular flexibility index (Phi) is 4.80. The molecular formula is C13H18ClN3O3. The number of carbonyl (C=O) groups is 1. The molecule has 1 aliphatic rings. The summed E-state index contributed by atoms with van der Waals surface area (Å²) in [6.07, 6.45) is 2.48. The van der Waals surface area contributed by atoms with Crippen LogP contribution in [0.4, 0.5) is 10.6 Å². The van der Waals surface area contributed by atoms with Crippen molar-refractivity contribution in [2.75, 3.05) is 32.1 Å². The number of amides is 2. The van der Waals surface area contributed by atoms with E-state index in [1.807, 2.05) is 0 Å². The highest BCUT2D eigenvalue weighted by Crippen LogP contribution is 2.22. The first-order valence-electron chi connectivity index (χ1n) is 6.41. The highest BCUT2D eigenvalue weighted by molar-refractivity contribution is 6.30. The van der Waals surface area contributed by atoms with E-state index in [2.05, 4.69) is 10.3 Å². The number of hydrogen-bond acceptors (Lipinski definition) is 4. The highest BCUT2D eigenvalue weighted by Gasteiger charge is 2.33. The largest absolute Gasteiger partial charge is 0.387 e. The Hall–Kier alpha value is -1.37. The number of likely N-dealkylation sites (tertiary alicyclic amines) is 1. The number of nitrogens with zero attached hydrogens (tertiary/aromatic N) is 2. The number of aromatic nitrogens is 1. The quantitative estimate of drug-likeness (QED) is 0.891. The van der Waals surface area contributed by atoms with Crippen molar-refractivity contribution in [2.24, 2.45) is 0 Å². The molecule has 6 nitrogen and oxygen atoms in total. The zero-order chi connectivity index (χ0) is 14.6. The summed E-state index contributed by atoms with van der Waals surface area (Å²) in [7, 11) is 1.56. The predicted molar refractivity (Wildman–Crippen MR) is 75.9 cm³/mol. The lowest BCUT2D eigenvalue weighted by Gasteiger charge is -2.37. The third-order valence-corrected chi connectivity index (χ3v) is 3.58. The minimum atomic E-state index is -0.829. The van der Waals surface area contributed by atoms with E-state index in [0.717, 1.165) is 0 Å². The third-order valence-electron chi connectivity index (χ3n) is 3.36. The summed E-state index contributed by atoms with van der Waals surface area (Å²) in [5.74, 6) is 0.456. The van der Waals surface area contributed by atoms with Gasteiger partial charge in [0.15, 0.2) is 0 Å². The molecule has 1 aliphatic heterocycles. The molecule has 0 saturated carbocycles. The van der Waals surface area contributed by atoms with E-state index in [9.17, 15) is 9.90 Å². The molecule has 2 amide bonds. The number of pyridine rings is 1. The maximum Gasteiger partial charge on any atom is 0.323 e. The molecule has 0 aromatic carbocycles. The van der Waals surface area contributed by atoms with Gasteiger partial charge in [0.05, 0.1) is 17.2 Å². The van der Waals surface area contributed by atoms with Crippen LogP contribution in [-0.2, 0) is 4.74 Å². The predicted octanol–water partition coefficient (Wildman–Crippen LogP) is 1.74. The molecule has 20 heavy (non-hydrogen) atoms. The van der Waals surface area contributed by atoms with Crippen LogP contribution in [0.25, 0.3) is 0 Å². The topological polar surface area (TPSA) is 74.7 Å². The monoisotopic (exact) mass is 299 g/mol. The third kappa shape index (κ3) is 3.82. The Balaban J connectivity index is 1.87. The van der Waals surface area contributed by atoms with Crippen LogP contribution >= 0.6 is 11.6 Å². The molecule has 0 bridgehead atoms. The summed E-state index contributed by atoms with van der Waals surface area (Å²) in [5.41, 5.74) is -0.829. The van der Waals surface area contributed by atoms with E-state index in [-0.39, 0.29) is 6.03 Å². The first-order chi connectivity index (χ1) is 9.52. The van der Waals surface area contributed by atoms with Crippen molar-refractivity contribution in [3.05, 3.63) is 23.4 Å². The van der Waals surface area contributed by atoms with E-state index in [4.69, 9.17) is 16.3 Å². The minimum absolute atomic E-state index is 0.223. The lowest BCUT2D eigenvalue weighted by atomic mass is 9.92. The van der Waals surface area contributed by atoms with Gasteiger partial charge in [0, 0.05) is 26.4 Å². The van der Waals surface area contributed by atoms with Gasteiger partial charge in [-0.3, -0.25) is 5.32 Å². The van der Waals surface area contributed by atoms with Gasteiger partial charge in [-0.25, -0.2) is 9.78 Å². The molecule has 0 radical (unpaired) electrons. The molecule has 2 N–H and O–H groups in total. The Morgan fingerprint density at radius 3 is 2.80 bits per heavy atom. The first-order valence-corrected chi connectivity index (χ1v) is 6.79. The average Bonchev–Trinajstić information content (AvgIpc) is 2.42. The molecule has 2 heterocycles. The summed E-state index contributed by atoms with van der Waals surface area (Å²) in [5, 5.41) is 13.4. The van der Waals surface area contributed by atoms with Gasteiger partial charge in [-0.15, -0.1) is 0 Å². The van der Waals surface area contributed by atoms with Crippen LogP contribution < -0.4 is 5.32 Å². The summed E-state index contributed by atoms with van der Waals surface area (Å²) >= 11 is 5.73. The van der Waals surface area contributed by atoms with Crippen LogP contribution in [0.15, 0.2) is 18.3 Å². The van der Waals surface area contributed by atoms with Crippen molar-refractivity contribution in [3.63, 3.8) is 0 Å². The molecule has 110 valence electrons. The van der Waals surface area contributed by atoms with E-state index in [1.54, 1.807) is 24.1 Å². The van der Waals surface area contributed by atoms with Gasteiger partial charge in [0.25, 0.3) is 0 Å². The van der Waals surface area contributed by atoms with Gasteiger partial charge in [-0.1, -0.05) is 11.6 Å². The zero-order valence-electron chi connectivity index (χ0n) is 11.3. The average molecular weight is 300 g/mol. The van der Waals surface area contributed by atoms with Gasteiger partial charge in [-0.05, 0) is 25.0 Å². The number of hydrogen-bond donors (Lipinski definition) is 2. The molecule has 0 atom stereocenters. The smallest absolute Gasteiger partial charge is 0.323 e. The van der Waals surface area contributed by atoms with Crippen molar-refractivity contribution in [1.82, 2.24) is 9.88 Å². The molecule has 2 rings (SSSR count). The molecule has 1 fully saturated rings. The highest BCUT2D eigenvalue weighted by atomic mass is 35.5. The fourth-order valence-corrected chi connectivity index (χ4v) is 2.29. The number of halogens is 1. The molecule has 1 aromatic rings. The molecule has 7 heteroatoms. The van der Waals surface area contributed by atoms with Crippen molar-refractivity contribution < 1.29 is 14.6 Å². The van der Waals surface area contributed by atoms with Crippen molar-refractivity contribution >= 4 is 23.4 Å². The van der Waals surface area contributed by atoms with Gasteiger partial charge in [0.1, 0.15) is 5.82 Å². The standard InChI is InChI=1S/C13H18ClN3O3/c1-20-9-13(19)4-6-17(7-5-13)12(18)16-11-3-2-10(14)8-15-11/h2-3,8,19H,4-7,9H2,1H3,(H,15,16,18). The number of anilines is 1. The van der Waals surface area contributed by atoms with E-state index >= 15 is 0 Å². The Bertz CT molecular complexity index is 458. The Labute approximate surface area is 122 Å². The van der Waals surface area contributed by atoms with Crippen LogP contribution in [0.5, 0.6) is 0 Å². The molecule has 1 aromatic heterocycles. The number of nitrogens with one attached hydrogen (secondary N) is 1. The van der Waals surface area contributed by atoms with E-state index in [1.165, 1.54) is 6.20 Å². The van der Waals surface area contributed by atoms with E-state index in [0.29, 0.717) is 43.4 Å². The molecule has 0 spiro atoms. The number of ether oxygens (including phenoxy) is 1. The second kappa shape index (κ2) is 6.39. The normalized spacial score (nSPS) is 17.9. The number of rotatable bonds is 3. The summed E-state index contributed by atoms with van der Waals surface area (Å²) < 4.78 is 5.00. The van der Waals surface area contributed by atoms with Gasteiger partial charge >= 0.3 is 6.03 Å². The second-order valence-corrected chi connectivity index (χ2v) is 5.37. The lowest BCUT2D eigenvalue weighted by molar-refractivity contribution is -0.0642. The van der Waals surface area contributed by atoms with Crippen molar-refractivity contribution in [2.45, 2.75) is 18.4 Å². The van der Waals surface area contributed by atoms with Crippen LogP contribution in [0.1, 0.15) is 12.8 Å². The first kappa shape index (κ1) is 15.0. The number of carbonyl (C=O) groups excluding carboxylic acids is 1. The van der Waals surface area contributed by atoms with Crippen molar-refractivity contribution in [3.8, 4) is 0 Å². The summed E-state index contributed by atoms with van der Waals surface area (Å²) in [6, 6.07) is 3.09. The lowest BCUT2D eigenvalue weighted by Crippen LogP contribution is -2.50.